The molecule has 0 aliphatic carbocycles. The van der Waals surface area contributed by atoms with E-state index in [0.29, 0.717) is 5.75 Å². The van der Waals surface area contributed by atoms with Gasteiger partial charge in [-0.05, 0) is 38.2 Å². The standard InChI is InChI=1S/C17H24N2O4S/c1-12(2)19(14-7-5-4-6-8-14)16(21)11-24-10-9-15(17(22)23)18-13(3)20/h4-8,12,15H,9-11H2,1-3H3,(H,18,20)(H,22,23)/t15-/m0/s1. The molecule has 1 aromatic rings. The molecule has 0 aromatic heterocycles. The summed E-state index contributed by atoms with van der Waals surface area (Å²) in [5.41, 5.74) is 0.847. The Bertz CT molecular complexity index is 563. The summed E-state index contributed by atoms with van der Waals surface area (Å²) in [6.07, 6.45) is 0.278. The van der Waals surface area contributed by atoms with Gasteiger partial charge in [-0.2, -0.15) is 11.8 Å². The average Bonchev–Trinajstić information content (AvgIpc) is 2.50. The molecule has 6 nitrogen and oxygen atoms in total. The number of para-hydroxylation sites is 1. The molecule has 1 aromatic carbocycles. The van der Waals surface area contributed by atoms with Gasteiger partial charge in [-0.15, -0.1) is 0 Å². The number of carboxylic acids is 1. The summed E-state index contributed by atoms with van der Waals surface area (Å²) in [6, 6.07) is 8.56. The van der Waals surface area contributed by atoms with E-state index in [2.05, 4.69) is 5.32 Å². The number of hydrogen-bond acceptors (Lipinski definition) is 4. The van der Waals surface area contributed by atoms with Crippen molar-refractivity contribution in [2.45, 2.75) is 39.3 Å². The van der Waals surface area contributed by atoms with Crippen LogP contribution in [0.1, 0.15) is 27.2 Å². The van der Waals surface area contributed by atoms with Gasteiger partial charge in [-0.1, -0.05) is 18.2 Å². The maximum absolute atomic E-state index is 12.5. The number of carboxylic acid groups (broad SMARTS) is 1. The number of thioether (sulfide) groups is 1. The zero-order valence-electron chi connectivity index (χ0n) is 14.2. The Morgan fingerprint density at radius 1 is 1.21 bits per heavy atom. The summed E-state index contributed by atoms with van der Waals surface area (Å²) >= 11 is 1.37. The van der Waals surface area contributed by atoms with Gasteiger partial charge in [0.05, 0.1) is 5.75 Å². The van der Waals surface area contributed by atoms with Gasteiger partial charge in [0, 0.05) is 18.7 Å². The van der Waals surface area contributed by atoms with Crippen molar-refractivity contribution in [3.63, 3.8) is 0 Å². The summed E-state index contributed by atoms with van der Waals surface area (Å²) < 4.78 is 0. The van der Waals surface area contributed by atoms with E-state index in [9.17, 15) is 14.4 Å². The Kier molecular flexibility index (Phi) is 8.32. The van der Waals surface area contributed by atoms with Crippen molar-refractivity contribution >= 4 is 35.2 Å². The highest BCUT2D eigenvalue weighted by Crippen LogP contribution is 2.18. The molecule has 0 fully saturated rings. The molecule has 2 N–H and O–H groups in total. The largest absolute Gasteiger partial charge is 0.480 e. The van der Waals surface area contributed by atoms with E-state index in [1.807, 2.05) is 44.2 Å². The lowest BCUT2D eigenvalue weighted by atomic mass is 10.2. The van der Waals surface area contributed by atoms with Crippen LogP contribution in [0.25, 0.3) is 0 Å². The molecular weight excluding hydrogens is 328 g/mol. The third-order valence-electron chi connectivity index (χ3n) is 3.27. The van der Waals surface area contributed by atoms with Gasteiger partial charge in [-0.3, -0.25) is 9.59 Å². The molecule has 0 heterocycles. The number of rotatable bonds is 9. The molecule has 0 unspecified atom stereocenters. The van der Waals surface area contributed by atoms with Crippen LogP contribution in [-0.4, -0.2) is 46.5 Å². The molecule has 0 radical (unpaired) electrons. The Balaban J connectivity index is 2.52. The van der Waals surface area contributed by atoms with Crippen LogP contribution in [0.15, 0.2) is 30.3 Å². The summed E-state index contributed by atoms with van der Waals surface area (Å²) in [7, 11) is 0. The molecule has 1 rings (SSSR count). The lowest BCUT2D eigenvalue weighted by Crippen LogP contribution is -2.40. The minimum atomic E-state index is -1.06. The number of nitrogens with one attached hydrogen (secondary N) is 1. The van der Waals surface area contributed by atoms with Crippen molar-refractivity contribution in [2.24, 2.45) is 0 Å². The molecule has 7 heteroatoms. The number of benzene rings is 1. The Hall–Kier alpha value is -2.02. The Morgan fingerprint density at radius 2 is 1.83 bits per heavy atom. The SMILES string of the molecule is CC(=O)N[C@@H](CCSCC(=O)N(c1ccccc1)C(C)C)C(=O)O. The maximum Gasteiger partial charge on any atom is 0.326 e. The summed E-state index contributed by atoms with van der Waals surface area (Å²) in [6.45, 7) is 5.19. The molecule has 0 spiro atoms. The quantitative estimate of drug-likeness (QED) is 0.665. The summed E-state index contributed by atoms with van der Waals surface area (Å²) in [5, 5.41) is 11.4. The highest BCUT2D eigenvalue weighted by molar-refractivity contribution is 7.99. The van der Waals surface area contributed by atoms with Crippen molar-refractivity contribution in [3.05, 3.63) is 30.3 Å². The number of nitrogens with zero attached hydrogens (tertiary/aromatic N) is 1. The normalized spacial score (nSPS) is 11.8. The van der Waals surface area contributed by atoms with E-state index in [1.165, 1.54) is 18.7 Å². The van der Waals surface area contributed by atoms with Crippen molar-refractivity contribution in [2.75, 3.05) is 16.4 Å². The van der Waals surface area contributed by atoms with Crippen LogP contribution in [0, 0.1) is 0 Å². The van der Waals surface area contributed by atoms with Crippen LogP contribution in [0.4, 0.5) is 5.69 Å². The first-order valence-electron chi connectivity index (χ1n) is 7.77. The van der Waals surface area contributed by atoms with Crippen LogP contribution in [0.5, 0.6) is 0 Å². The second kappa shape index (κ2) is 9.97. The highest BCUT2D eigenvalue weighted by Gasteiger charge is 2.20. The zero-order chi connectivity index (χ0) is 18.1. The molecule has 0 bridgehead atoms. The number of anilines is 1. The predicted molar refractivity (Wildman–Crippen MR) is 96.2 cm³/mol. The highest BCUT2D eigenvalue weighted by atomic mass is 32.2. The Labute approximate surface area is 146 Å². The van der Waals surface area contributed by atoms with Crippen molar-refractivity contribution in [3.8, 4) is 0 Å². The fourth-order valence-electron chi connectivity index (χ4n) is 2.25. The minimum absolute atomic E-state index is 0.0207. The fourth-order valence-corrected chi connectivity index (χ4v) is 3.11. The van der Waals surface area contributed by atoms with Gasteiger partial charge in [0.15, 0.2) is 0 Å². The summed E-state index contributed by atoms with van der Waals surface area (Å²) in [5.74, 6) is -0.722. The first-order chi connectivity index (χ1) is 11.3. The third kappa shape index (κ3) is 6.62. The second-order valence-corrected chi connectivity index (χ2v) is 6.73. The third-order valence-corrected chi connectivity index (χ3v) is 4.25. The van der Waals surface area contributed by atoms with Crippen LogP contribution in [0.3, 0.4) is 0 Å². The maximum atomic E-state index is 12.5. The van der Waals surface area contributed by atoms with Crippen LogP contribution in [0.2, 0.25) is 0 Å². The van der Waals surface area contributed by atoms with Gasteiger partial charge in [0.1, 0.15) is 6.04 Å². The molecule has 2 amide bonds. The van der Waals surface area contributed by atoms with Gasteiger partial charge in [0.25, 0.3) is 0 Å². The molecule has 132 valence electrons. The average molecular weight is 352 g/mol. The molecule has 0 saturated heterocycles. The zero-order valence-corrected chi connectivity index (χ0v) is 15.0. The van der Waals surface area contributed by atoms with Gasteiger partial charge < -0.3 is 15.3 Å². The molecule has 0 aliphatic rings. The second-order valence-electron chi connectivity index (χ2n) is 5.63. The first kappa shape index (κ1) is 20.0. The lowest BCUT2D eigenvalue weighted by Gasteiger charge is -2.27. The van der Waals surface area contributed by atoms with Crippen molar-refractivity contribution in [1.29, 1.82) is 0 Å². The van der Waals surface area contributed by atoms with E-state index in [1.54, 1.807) is 4.90 Å². The van der Waals surface area contributed by atoms with E-state index in [4.69, 9.17) is 5.11 Å². The van der Waals surface area contributed by atoms with Gasteiger partial charge >= 0.3 is 5.97 Å². The summed E-state index contributed by atoms with van der Waals surface area (Å²) in [4.78, 5) is 36.2. The van der Waals surface area contributed by atoms with Crippen molar-refractivity contribution in [1.82, 2.24) is 5.32 Å². The smallest absolute Gasteiger partial charge is 0.326 e. The molecule has 1 atom stereocenters. The van der Waals surface area contributed by atoms with Crippen LogP contribution >= 0.6 is 11.8 Å². The van der Waals surface area contributed by atoms with E-state index in [0.717, 1.165) is 5.69 Å². The number of aliphatic carboxylic acids is 1. The fraction of sp³-hybridized carbons (Fsp3) is 0.471. The first-order valence-corrected chi connectivity index (χ1v) is 8.93. The number of amides is 2. The monoisotopic (exact) mass is 352 g/mol. The lowest BCUT2D eigenvalue weighted by molar-refractivity contribution is -0.141. The number of carbonyl (C=O) groups excluding carboxylic acids is 2. The molecule has 0 saturated carbocycles. The molecule has 0 aliphatic heterocycles. The van der Waals surface area contributed by atoms with Gasteiger partial charge in [-0.25, -0.2) is 4.79 Å². The van der Waals surface area contributed by atoms with Crippen molar-refractivity contribution < 1.29 is 19.5 Å². The van der Waals surface area contributed by atoms with Crippen LogP contribution in [-0.2, 0) is 14.4 Å². The van der Waals surface area contributed by atoms with E-state index >= 15 is 0 Å². The minimum Gasteiger partial charge on any atom is -0.480 e. The number of hydrogen-bond donors (Lipinski definition) is 2. The topological polar surface area (TPSA) is 86.7 Å². The van der Waals surface area contributed by atoms with E-state index in [-0.39, 0.29) is 30.0 Å². The Morgan fingerprint density at radius 3 is 2.33 bits per heavy atom. The molecular formula is C17H24N2O4S. The van der Waals surface area contributed by atoms with E-state index < -0.39 is 12.0 Å². The predicted octanol–water partition coefficient (Wildman–Crippen LogP) is 2.14. The number of carbonyl (C=O) groups is 3. The van der Waals surface area contributed by atoms with Gasteiger partial charge in [0.2, 0.25) is 11.8 Å². The van der Waals surface area contributed by atoms with Crippen LogP contribution < -0.4 is 10.2 Å². The molecule has 24 heavy (non-hydrogen) atoms.